The highest BCUT2D eigenvalue weighted by molar-refractivity contribution is 5.76. The summed E-state index contributed by atoms with van der Waals surface area (Å²) >= 11 is 0. The quantitative estimate of drug-likeness (QED) is 0.822. The van der Waals surface area contributed by atoms with Crippen LogP contribution in [-0.4, -0.2) is 11.9 Å². The van der Waals surface area contributed by atoms with Crippen LogP contribution >= 0.6 is 0 Å². The Morgan fingerprint density at radius 3 is 2.14 bits per heavy atom. The molecule has 21 heavy (non-hydrogen) atoms. The second kappa shape index (κ2) is 8.25. The lowest BCUT2D eigenvalue weighted by Crippen LogP contribution is -2.33. The van der Waals surface area contributed by atoms with Crippen LogP contribution in [0.4, 0.5) is 0 Å². The number of amides is 1. The Labute approximate surface area is 127 Å². The molecule has 1 atom stereocenters. The molecular weight excluding hydrogens is 258 g/mol. The smallest absolute Gasteiger partial charge is 0.220 e. The van der Waals surface area contributed by atoms with Crippen molar-refractivity contribution in [3.05, 3.63) is 71.8 Å². The van der Waals surface area contributed by atoms with E-state index in [0.29, 0.717) is 6.42 Å². The van der Waals surface area contributed by atoms with Gasteiger partial charge in [0.05, 0.1) is 0 Å². The van der Waals surface area contributed by atoms with Crippen molar-refractivity contribution in [3.63, 3.8) is 0 Å². The molecule has 2 aromatic carbocycles. The molecule has 0 saturated carbocycles. The van der Waals surface area contributed by atoms with Gasteiger partial charge in [-0.3, -0.25) is 4.79 Å². The van der Waals surface area contributed by atoms with Crippen molar-refractivity contribution in [2.45, 2.75) is 38.6 Å². The second-order valence-electron chi connectivity index (χ2n) is 5.50. The van der Waals surface area contributed by atoms with Crippen LogP contribution in [0.15, 0.2) is 60.7 Å². The SMILES string of the molecule is CC(Cc1ccccc1)NC(=O)CCCc1ccccc1. The van der Waals surface area contributed by atoms with Crippen molar-refractivity contribution >= 4 is 5.91 Å². The molecule has 2 aromatic rings. The molecule has 0 aliphatic carbocycles. The van der Waals surface area contributed by atoms with E-state index in [9.17, 15) is 4.79 Å². The van der Waals surface area contributed by atoms with Crippen molar-refractivity contribution < 1.29 is 4.79 Å². The molecule has 0 heterocycles. The average Bonchev–Trinajstić information content (AvgIpc) is 2.49. The first-order valence-corrected chi connectivity index (χ1v) is 7.61. The Hall–Kier alpha value is -2.09. The number of hydrogen-bond acceptors (Lipinski definition) is 1. The number of aryl methyl sites for hydroxylation is 1. The first-order chi connectivity index (χ1) is 10.2. The third-order valence-electron chi connectivity index (χ3n) is 3.50. The molecular formula is C19H23NO. The van der Waals surface area contributed by atoms with Gasteiger partial charge in [-0.15, -0.1) is 0 Å². The molecule has 0 aliphatic heterocycles. The molecule has 2 rings (SSSR count). The van der Waals surface area contributed by atoms with Crippen molar-refractivity contribution in [2.24, 2.45) is 0 Å². The number of carbonyl (C=O) groups is 1. The summed E-state index contributed by atoms with van der Waals surface area (Å²) in [6.07, 6.45) is 3.33. The van der Waals surface area contributed by atoms with Crippen LogP contribution in [0.5, 0.6) is 0 Å². The van der Waals surface area contributed by atoms with Gasteiger partial charge in [-0.25, -0.2) is 0 Å². The predicted molar refractivity (Wildman–Crippen MR) is 87.1 cm³/mol. The molecule has 0 bridgehead atoms. The van der Waals surface area contributed by atoms with Crippen molar-refractivity contribution in [2.75, 3.05) is 0 Å². The predicted octanol–water partition coefficient (Wildman–Crippen LogP) is 3.76. The Balaban J connectivity index is 1.67. The van der Waals surface area contributed by atoms with Crippen LogP contribution < -0.4 is 5.32 Å². The summed E-state index contributed by atoms with van der Waals surface area (Å²) in [6, 6.07) is 20.7. The van der Waals surface area contributed by atoms with E-state index in [1.807, 2.05) is 36.4 Å². The molecule has 0 radical (unpaired) electrons. The van der Waals surface area contributed by atoms with E-state index in [2.05, 4.69) is 36.5 Å². The molecule has 1 amide bonds. The maximum absolute atomic E-state index is 11.9. The zero-order valence-electron chi connectivity index (χ0n) is 12.6. The second-order valence-corrected chi connectivity index (χ2v) is 5.50. The largest absolute Gasteiger partial charge is 0.353 e. The van der Waals surface area contributed by atoms with Crippen LogP contribution in [0, 0.1) is 0 Å². The summed E-state index contributed by atoms with van der Waals surface area (Å²) in [5.74, 6) is 0.148. The molecule has 0 aliphatic rings. The fourth-order valence-corrected chi connectivity index (χ4v) is 2.46. The lowest BCUT2D eigenvalue weighted by Gasteiger charge is -2.14. The minimum atomic E-state index is 0.148. The lowest BCUT2D eigenvalue weighted by molar-refractivity contribution is -0.121. The van der Waals surface area contributed by atoms with E-state index in [1.165, 1.54) is 11.1 Å². The molecule has 1 N–H and O–H groups in total. The summed E-state index contributed by atoms with van der Waals surface area (Å²) in [6.45, 7) is 2.06. The normalized spacial score (nSPS) is 11.9. The van der Waals surface area contributed by atoms with Gasteiger partial charge in [-0.1, -0.05) is 60.7 Å². The molecule has 2 nitrogen and oxygen atoms in total. The number of rotatable bonds is 7. The zero-order valence-corrected chi connectivity index (χ0v) is 12.6. The van der Waals surface area contributed by atoms with Gasteiger partial charge in [0.2, 0.25) is 5.91 Å². The minimum Gasteiger partial charge on any atom is -0.353 e. The van der Waals surface area contributed by atoms with Gasteiger partial charge < -0.3 is 5.32 Å². The van der Waals surface area contributed by atoms with Crippen molar-refractivity contribution in [1.29, 1.82) is 0 Å². The first kappa shape index (κ1) is 15.3. The Morgan fingerprint density at radius 1 is 0.952 bits per heavy atom. The van der Waals surface area contributed by atoms with Crippen LogP contribution in [0.2, 0.25) is 0 Å². The van der Waals surface area contributed by atoms with Gasteiger partial charge in [0, 0.05) is 12.5 Å². The molecule has 110 valence electrons. The summed E-state index contributed by atoms with van der Waals surface area (Å²) in [4.78, 5) is 11.9. The van der Waals surface area contributed by atoms with Gasteiger partial charge in [-0.05, 0) is 37.3 Å². The maximum atomic E-state index is 11.9. The summed E-state index contributed by atoms with van der Waals surface area (Å²) < 4.78 is 0. The molecule has 1 unspecified atom stereocenters. The monoisotopic (exact) mass is 281 g/mol. The Morgan fingerprint density at radius 2 is 1.52 bits per heavy atom. The summed E-state index contributed by atoms with van der Waals surface area (Å²) in [7, 11) is 0. The van der Waals surface area contributed by atoms with Crippen LogP contribution in [0.1, 0.15) is 30.9 Å². The third kappa shape index (κ3) is 5.82. The average molecular weight is 281 g/mol. The zero-order chi connectivity index (χ0) is 14.9. The van der Waals surface area contributed by atoms with Crippen molar-refractivity contribution in [1.82, 2.24) is 5.32 Å². The standard InChI is InChI=1S/C19H23NO/c1-16(15-18-11-6-3-7-12-18)20-19(21)14-8-13-17-9-4-2-5-10-17/h2-7,9-12,16H,8,13-15H2,1H3,(H,20,21). The van der Waals surface area contributed by atoms with E-state index >= 15 is 0 Å². The van der Waals surface area contributed by atoms with E-state index in [-0.39, 0.29) is 11.9 Å². The molecule has 0 saturated heterocycles. The molecule has 0 fully saturated rings. The first-order valence-electron chi connectivity index (χ1n) is 7.61. The highest BCUT2D eigenvalue weighted by Gasteiger charge is 2.07. The maximum Gasteiger partial charge on any atom is 0.220 e. The number of carbonyl (C=O) groups excluding carboxylic acids is 1. The van der Waals surface area contributed by atoms with Gasteiger partial charge in [0.1, 0.15) is 0 Å². The van der Waals surface area contributed by atoms with E-state index in [1.54, 1.807) is 0 Å². The van der Waals surface area contributed by atoms with Crippen LogP contribution in [-0.2, 0) is 17.6 Å². The lowest BCUT2D eigenvalue weighted by atomic mass is 10.1. The molecule has 0 spiro atoms. The minimum absolute atomic E-state index is 0.148. The fraction of sp³-hybridized carbons (Fsp3) is 0.316. The number of nitrogens with one attached hydrogen (secondary N) is 1. The highest BCUT2D eigenvalue weighted by Crippen LogP contribution is 2.06. The van der Waals surface area contributed by atoms with E-state index < -0.39 is 0 Å². The molecule has 0 aromatic heterocycles. The summed E-state index contributed by atoms with van der Waals surface area (Å²) in [5, 5.41) is 3.08. The fourth-order valence-electron chi connectivity index (χ4n) is 2.46. The van der Waals surface area contributed by atoms with Crippen LogP contribution in [0.3, 0.4) is 0 Å². The van der Waals surface area contributed by atoms with Gasteiger partial charge in [-0.2, -0.15) is 0 Å². The van der Waals surface area contributed by atoms with Gasteiger partial charge >= 0.3 is 0 Å². The number of hydrogen-bond donors (Lipinski definition) is 1. The Kier molecular flexibility index (Phi) is 6.01. The third-order valence-corrected chi connectivity index (χ3v) is 3.50. The topological polar surface area (TPSA) is 29.1 Å². The molecule has 2 heteroatoms. The number of benzene rings is 2. The van der Waals surface area contributed by atoms with Crippen LogP contribution in [0.25, 0.3) is 0 Å². The summed E-state index contributed by atoms with van der Waals surface area (Å²) in [5.41, 5.74) is 2.55. The van der Waals surface area contributed by atoms with Gasteiger partial charge in [0.25, 0.3) is 0 Å². The van der Waals surface area contributed by atoms with Crippen molar-refractivity contribution in [3.8, 4) is 0 Å². The highest BCUT2D eigenvalue weighted by atomic mass is 16.1. The van der Waals surface area contributed by atoms with E-state index in [0.717, 1.165) is 19.3 Å². The Bertz CT molecular complexity index is 536. The van der Waals surface area contributed by atoms with E-state index in [4.69, 9.17) is 0 Å². The van der Waals surface area contributed by atoms with Gasteiger partial charge in [0.15, 0.2) is 0 Å².